The predicted octanol–water partition coefficient (Wildman–Crippen LogP) is 4.70. The molecule has 1 atom stereocenters. The van der Waals surface area contributed by atoms with Crippen LogP contribution >= 0.6 is 11.3 Å². The fourth-order valence-corrected chi connectivity index (χ4v) is 5.17. The van der Waals surface area contributed by atoms with Crippen LogP contribution in [0.2, 0.25) is 0 Å². The lowest BCUT2D eigenvalue weighted by atomic mass is 9.63. The summed E-state index contributed by atoms with van der Waals surface area (Å²) >= 11 is 1.56. The second-order valence-corrected chi connectivity index (χ2v) is 12.5. The third-order valence-corrected chi connectivity index (χ3v) is 7.44. The molecule has 3 rings (SSSR count). The third kappa shape index (κ3) is 6.82. The SMILES string of the molecule is CC(C)(C)OC(=O)N[C@@H](CO)C(=O)NCCc1nc(-c2ccc3c(c2)C(C)(C)CCC3(C)C)cs1. The Balaban J connectivity index is 1.60. The molecule has 0 bridgehead atoms. The Hall–Kier alpha value is -2.45. The smallest absolute Gasteiger partial charge is 0.408 e. The van der Waals surface area contributed by atoms with Gasteiger partial charge in [0.1, 0.15) is 11.6 Å². The number of nitrogens with one attached hydrogen (secondary N) is 2. The monoisotopic (exact) mass is 501 g/mol. The summed E-state index contributed by atoms with van der Waals surface area (Å²) in [5.74, 6) is -0.463. The van der Waals surface area contributed by atoms with Crippen molar-refractivity contribution in [2.24, 2.45) is 0 Å². The van der Waals surface area contributed by atoms with Crippen LogP contribution in [-0.2, 0) is 26.8 Å². The summed E-state index contributed by atoms with van der Waals surface area (Å²) in [4.78, 5) is 29.1. The number of fused-ring (bicyclic) bond motifs is 1. The number of carbonyl (C=O) groups is 2. The summed E-state index contributed by atoms with van der Waals surface area (Å²) in [6.45, 7) is 14.3. The van der Waals surface area contributed by atoms with Gasteiger partial charge in [-0.3, -0.25) is 4.79 Å². The highest BCUT2D eigenvalue weighted by Crippen LogP contribution is 2.46. The molecule has 2 aromatic rings. The van der Waals surface area contributed by atoms with Crippen LogP contribution in [0.5, 0.6) is 0 Å². The van der Waals surface area contributed by atoms with Crippen molar-refractivity contribution >= 4 is 23.3 Å². The highest BCUT2D eigenvalue weighted by atomic mass is 32.1. The number of thiazole rings is 1. The lowest BCUT2D eigenvalue weighted by Gasteiger charge is -2.42. The molecule has 3 N–H and O–H groups in total. The molecule has 1 aromatic heterocycles. The number of aliphatic hydroxyl groups excluding tert-OH is 1. The van der Waals surface area contributed by atoms with E-state index in [1.807, 2.05) is 0 Å². The van der Waals surface area contributed by atoms with Gasteiger partial charge >= 0.3 is 6.09 Å². The van der Waals surface area contributed by atoms with E-state index < -0.39 is 30.3 Å². The number of benzene rings is 1. The van der Waals surface area contributed by atoms with E-state index in [1.54, 1.807) is 32.1 Å². The number of aliphatic hydroxyl groups is 1. The highest BCUT2D eigenvalue weighted by molar-refractivity contribution is 7.09. The number of hydrogen-bond donors (Lipinski definition) is 3. The molecule has 1 aliphatic carbocycles. The minimum absolute atomic E-state index is 0.139. The fraction of sp³-hybridized carbons (Fsp3) is 0.593. The number of nitrogens with zero attached hydrogens (tertiary/aromatic N) is 1. The number of ether oxygens (including phenoxy) is 1. The molecular formula is C27H39N3O4S. The number of carbonyl (C=O) groups excluding carboxylic acids is 2. The predicted molar refractivity (Wildman–Crippen MR) is 140 cm³/mol. The molecule has 0 aliphatic heterocycles. The van der Waals surface area contributed by atoms with Gasteiger partial charge in [0.05, 0.1) is 17.3 Å². The van der Waals surface area contributed by atoms with Crippen molar-refractivity contribution in [1.29, 1.82) is 0 Å². The zero-order chi connectivity index (χ0) is 26.0. The van der Waals surface area contributed by atoms with E-state index >= 15 is 0 Å². The molecule has 1 aliphatic rings. The molecule has 35 heavy (non-hydrogen) atoms. The first-order chi connectivity index (χ1) is 16.2. The van der Waals surface area contributed by atoms with Gasteiger partial charge in [0.2, 0.25) is 5.91 Å². The average Bonchev–Trinajstić information content (AvgIpc) is 3.22. The summed E-state index contributed by atoms with van der Waals surface area (Å²) in [6.07, 6.45) is 2.16. The first kappa shape index (κ1) is 27.1. The Kier molecular flexibility index (Phi) is 7.96. The first-order valence-electron chi connectivity index (χ1n) is 12.2. The van der Waals surface area contributed by atoms with Crippen LogP contribution in [0.25, 0.3) is 11.3 Å². The Morgan fingerprint density at radius 3 is 2.43 bits per heavy atom. The molecule has 2 amide bonds. The van der Waals surface area contributed by atoms with Gasteiger partial charge in [0.25, 0.3) is 0 Å². The highest BCUT2D eigenvalue weighted by Gasteiger charge is 2.37. The van der Waals surface area contributed by atoms with E-state index in [9.17, 15) is 14.7 Å². The van der Waals surface area contributed by atoms with Gasteiger partial charge < -0.3 is 20.5 Å². The van der Waals surface area contributed by atoms with Crippen molar-refractivity contribution in [2.75, 3.05) is 13.2 Å². The normalized spacial score (nSPS) is 17.3. The van der Waals surface area contributed by atoms with Crippen LogP contribution in [-0.4, -0.2) is 46.9 Å². The molecule has 192 valence electrons. The van der Waals surface area contributed by atoms with E-state index in [1.165, 1.54) is 17.5 Å². The number of alkyl carbamates (subject to hydrolysis) is 1. The van der Waals surface area contributed by atoms with Gasteiger partial charge in [0.15, 0.2) is 0 Å². The molecule has 0 saturated carbocycles. The minimum atomic E-state index is -1.07. The third-order valence-electron chi connectivity index (χ3n) is 6.53. The second kappa shape index (κ2) is 10.3. The maximum Gasteiger partial charge on any atom is 0.408 e. The summed E-state index contributed by atoms with van der Waals surface area (Å²) in [7, 11) is 0. The van der Waals surface area contributed by atoms with E-state index in [2.05, 4.69) is 61.9 Å². The van der Waals surface area contributed by atoms with Gasteiger partial charge in [-0.15, -0.1) is 11.3 Å². The maximum atomic E-state index is 12.4. The summed E-state index contributed by atoms with van der Waals surface area (Å²) in [5.41, 5.74) is 4.52. The molecule has 0 unspecified atom stereocenters. The summed E-state index contributed by atoms with van der Waals surface area (Å²) in [6, 6.07) is 5.65. The molecule has 0 fully saturated rings. The number of hydrogen-bond acceptors (Lipinski definition) is 6. The van der Waals surface area contributed by atoms with Gasteiger partial charge in [-0.2, -0.15) is 0 Å². The van der Waals surface area contributed by atoms with Gasteiger partial charge in [-0.05, 0) is 61.6 Å². The first-order valence-corrected chi connectivity index (χ1v) is 13.1. The van der Waals surface area contributed by atoms with Crippen LogP contribution in [0.1, 0.15) is 77.4 Å². The minimum Gasteiger partial charge on any atom is -0.444 e. The van der Waals surface area contributed by atoms with Crippen LogP contribution in [0.15, 0.2) is 23.6 Å². The molecule has 1 heterocycles. The second-order valence-electron chi connectivity index (χ2n) is 11.6. The van der Waals surface area contributed by atoms with Crippen molar-refractivity contribution in [3.05, 3.63) is 39.7 Å². The maximum absolute atomic E-state index is 12.4. The number of aromatic nitrogens is 1. The average molecular weight is 502 g/mol. The van der Waals surface area contributed by atoms with Crippen LogP contribution in [0, 0.1) is 0 Å². The quantitative estimate of drug-likeness (QED) is 0.510. The van der Waals surface area contributed by atoms with Crippen LogP contribution in [0.4, 0.5) is 4.79 Å². The van der Waals surface area contributed by atoms with Crippen molar-refractivity contribution in [3.8, 4) is 11.3 Å². The molecule has 0 saturated heterocycles. The summed E-state index contributed by atoms with van der Waals surface area (Å²) in [5, 5.41) is 17.6. The molecule has 0 spiro atoms. The molecule has 8 heteroatoms. The Morgan fingerprint density at radius 2 is 1.80 bits per heavy atom. The van der Waals surface area contributed by atoms with Crippen LogP contribution < -0.4 is 10.6 Å². The molecular weight excluding hydrogens is 462 g/mol. The van der Waals surface area contributed by atoms with E-state index in [4.69, 9.17) is 9.72 Å². The summed E-state index contributed by atoms with van der Waals surface area (Å²) < 4.78 is 5.15. The number of rotatable bonds is 7. The molecule has 7 nitrogen and oxygen atoms in total. The van der Waals surface area contributed by atoms with E-state index in [0.29, 0.717) is 13.0 Å². The van der Waals surface area contributed by atoms with E-state index in [-0.39, 0.29) is 10.8 Å². The van der Waals surface area contributed by atoms with Gasteiger partial charge in [0, 0.05) is 23.9 Å². The van der Waals surface area contributed by atoms with Gasteiger partial charge in [-0.1, -0.05) is 39.8 Å². The molecule has 1 aromatic carbocycles. The number of amides is 2. The Bertz CT molecular complexity index is 1070. The van der Waals surface area contributed by atoms with Gasteiger partial charge in [-0.25, -0.2) is 9.78 Å². The standard InChI is InChI=1S/C27H39N3O4S/c1-25(2,3)34-24(33)30-20(15-31)23(32)28-13-10-22-29-21(16-35-22)17-8-9-18-19(14-17)27(6,7)12-11-26(18,4)5/h8-9,14,16,20,31H,10-13,15H2,1-7H3,(H,28,32)(H,30,33)/t20-/m0/s1. The van der Waals surface area contributed by atoms with E-state index in [0.717, 1.165) is 22.7 Å². The van der Waals surface area contributed by atoms with Crippen molar-refractivity contribution < 1.29 is 19.4 Å². The largest absolute Gasteiger partial charge is 0.444 e. The Labute approximate surface area is 212 Å². The zero-order valence-electron chi connectivity index (χ0n) is 21.9. The van der Waals surface area contributed by atoms with Crippen molar-refractivity contribution in [1.82, 2.24) is 15.6 Å². The fourth-order valence-electron chi connectivity index (χ4n) is 4.37. The topological polar surface area (TPSA) is 101 Å². The van der Waals surface area contributed by atoms with Crippen molar-refractivity contribution in [2.45, 2.75) is 90.2 Å². The lowest BCUT2D eigenvalue weighted by molar-refractivity contribution is -0.124. The zero-order valence-corrected chi connectivity index (χ0v) is 22.8. The van der Waals surface area contributed by atoms with Crippen LogP contribution in [0.3, 0.4) is 0 Å². The Morgan fingerprint density at radius 1 is 1.14 bits per heavy atom. The molecule has 0 radical (unpaired) electrons. The van der Waals surface area contributed by atoms with Crippen molar-refractivity contribution in [3.63, 3.8) is 0 Å². The lowest BCUT2D eigenvalue weighted by Crippen LogP contribution is -2.50.